The van der Waals surface area contributed by atoms with Gasteiger partial charge in [0.2, 0.25) is 5.95 Å². The van der Waals surface area contributed by atoms with E-state index in [4.69, 9.17) is 0 Å². The van der Waals surface area contributed by atoms with Gasteiger partial charge in [-0.1, -0.05) is 19.1 Å². The summed E-state index contributed by atoms with van der Waals surface area (Å²) in [5.74, 6) is -0.479. The van der Waals surface area contributed by atoms with Crippen LogP contribution < -0.4 is 10.6 Å². The molecule has 122 valence electrons. The van der Waals surface area contributed by atoms with Crippen molar-refractivity contribution in [2.24, 2.45) is 0 Å². The second-order valence-electron chi connectivity index (χ2n) is 4.69. The molecular formula is C15H15F3N4O. The molecular weight excluding hydrogens is 309 g/mol. The Hall–Kier alpha value is -2.64. The molecule has 0 saturated carbocycles. The van der Waals surface area contributed by atoms with Crippen LogP contribution >= 0.6 is 0 Å². The third-order valence-electron chi connectivity index (χ3n) is 2.90. The number of nitrogens with one attached hydrogen (secondary N) is 2. The van der Waals surface area contributed by atoms with Crippen molar-refractivity contribution in [1.82, 2.24) is 15.3 Å². The minimum atomic E-state index is -4.50. The zero-order valence-electron chi connectivity index (χ0n) is 12.3. The lowest BCUT2D eigenvalue weighted by atomic mass is 10.1. The molecule has 0 radical (unpaired) electrons. The van der Waals surface area contributed by atoms with Crippen LogP contribution in [0, 0.1) is 0 Å². The van der Waals surface area contributed by atoms with E-state index in [-0.39, 0.29) is 17.3 Å². The summed E-state index contributed by atoms with van der Waals surface area (Å²) in [5.41, 5.74) is -0.920. The van der Waals surface area contributed by atoms with Crippen LogP contribution in [0.25, 0.3) is 0 Å². The first kappa shape index (κ1) is 16.7. The average Bonchev–Trinajstić information content (AvgIpc) is 2.52. The number of benzene rings is 1. The minimum absolute atomic E-state index is 0.0779. The zero-order valence-corrected chi connectivity index (χ0v) is 12.3. The number of rotatable bonds is 5. The molecule has 0 spiro atoms. The third kappa shape index (κ3) is 4.41. The molecule has 0 aliphatic rings. The van der Waals surface area contributed by atoms with Gasteiger partial charge >= 0.3 is 6.18 Å². The molecule has 8 heteroatoms. The van der Waals surface area contributed by atoms with Gasteiger partial charge in [-0.3, -0.25) is 4.79 Å². The van der Waals surface area contributed by atoms with E-state index in [0.29, 0.717) is 6.54 Å². The van der Waals surface area contributed by atoms with E-state index in [1.807, 2.05) is 6.92 Å². The van der Waals surface area contributed by atoms with Gasteiger partial charge in [-0.15, -0.1) is 0 Å². The maximum atomic E-state index is 13.0. The summed E-state index contributed by atoms with van der Waals surface area (Å²) in [6.07, 6.45) is -2.42. The first-order valence-electron chi connectivity index (χ1n) is 6.96. The van der Waals surface area contributed by atoms with Crippen molar-refractivity contribution in [3.63, 3.8) is 0 Å². The summed E-state index contributed by atoms with van der Waals surface area (Å²) >= 11 is 0. The highest BCUT2D eigenvalue weighted by atomic mass is 19.4. The van der Waals surface area contributed by atoms with Crippen LogP contribution in [-0.4, -0.2) is 22.4 Å². The van der Waals surface area contributed by atoms with Gasteiger partial charge in [0.15, 0.2) is 0 Å². The van der Waals surface area contributed by atoms with Gasteiger partial charge in [0.05, 0.1) is 11.3 Å². The fourth-order valence-corrected chi connectivity index (χ4v) is 1.83. The number of para-hydroxylation sites is 1. The van der Waals surface area contributed by atoms with Crippen LogP contribution in [0.2, 0.25) is 0 Å². The molecule has 1 heterocycles. The lowest BCUT2D eigenvalue weighted by Crippen LogP contribution is -2.25. The van der Waals surface area contributed by atoms with Crippen molar-refractivity contribution in [1.29, 1.82) is 0 Å². The highest BCUT2D eigenvalue weighted by molar-refractivity contribution is 5.92. The Balaban J connectivity index is 2.23. The summed E-state index contributed by atoms with van der Waals surface area (Å²) < 4.78 is 38.9. The maximum Gasteiger partial charge on any atom is 0.418 e. The van der Waals surface area contributed by atoms with Gasteiger partial charge in [0, 0.05) is 12.7 Å². The van der Waals surface area contributed by atoms with Gasteiger partial charge in [-0.25, -0.2) is 9.97 Å². The molecule has 1 aromatic heterocycles. The summed E-state index contributed by atoms with van der Waals surface area (Å²) in [6, 6.07) is 6.39. The predicted molar refractivity (Wildman–Crippen MR) is 79.4 cm³/mol. The van der Waals surface area contributed by atoms with Gasteiger partial charge in [0.1, 0.15) is 5.69 Å². The monoisotopic (exact) mass is 324 g/mol. The van der Waals surface area contributed by atoms with Crippen molar-refractivity contribution in [3.8, 4) is 0 Å². The Labute approximate surface area is 131 Å². The Bertz CT molecular complexity index is 688. The molecule has 1 aromatic carbocycles. The van der Waals surface area contributed by atoms with Gasteiger partial charge < -0.3 is 10.6 Å². The van der Waals surface area contributed by atoms with Crippen LogP contribution in [-0.2, 0) is 6.18 Å². The molecule has 2 N–H and O–H groups in total. The largest absolute Gasteiger partial charge is 0.418 e. The highest BCUT2D eigenvalue weighted by Gasteiger charge is 2.33. The Morgan fingerprint density at radius 1 is 1.22 bits per heavy atom. The van der Waals surface area contributed by atoms with Crippen LogP contribution in [0.15, 0.2) is 36.5 Å². The number of nitrogens with zero attached hydrogens (tertiary/aromatic N) is 2. The predicted octanol–water partition coefficient (Wildman–Crippen LogP) is 3.38. The summed E-state index contributed by atoms with van der Waals surface area (Å²) in [7, 11) is 0. The van der Waals surface area contributed by atoms with Crippen molar-refractivity contribution in [2.75, 3.05) is 11.9 Å². The smallest absolute Gasteiger partial charge is 0.351 e. The summed E-state index contributed by atoms with van der Waals surface area (Å²) in [5, 5.41) is 5.15. The number of carbonyl (C=O) groups is 1. The molecule has 23 heavy (non-hydrogen) atoms. The number of aromatic nitrogens is 2. The Kier molecular flexibility index (Phi) is 5.15. The molecule has 1 amide bonds. The fraction of sp³-hybridized carbons (Fsp3) is 0.267. The summed E-state index contributed by atoms with van der Waals surface area (Å²) in [6.45, 7) is 2.39. The average molecular weight is 324 g/mol. The quantitative estimate of drug-likeness (QED) is 0.885. The SMILES string of the molecule is CCCNC(=O)c1ccnc(Nc2ccccc2C(F)(F)F)n1. The van der Waals surface area contributed by atoms with Gasteiger partial charge in [-0.2, -0.15) is 13.2 Å². The molecule has 5 nitrogen and oxygen atoms in total. The molecule has 0 aliphatic heterocycles. The molecule has 0 atom stereocenters. The number of amides is 1. The lowest BCUT2D eigenvalue weighted by Gasteiger charge is -2.13. The fourth-order valence-electron chi connectivity index (χ4n) is 1.83. The van der Waals surface area contributed by atoms with E-state index in [0.717, 1.165) is 12.5 Å². The second kappa shape index (κ2) is 7.08. The van der Waals surface area contributed by atoms with Gasteiger partial charge in [0.25, 0.3) is 5.91 Å². The molecule has 0 saturated heterocycles. The third-order valence-corrected chi connectivity index (χ3v) is 2.90. The van der Waals surface area contributed by atoms with Crippen LogP contribution in [0.1, 0.15) is 29.4 Å². The van der Waals surface area contributed by atoms with Crippen LogP contribution in [0.5, 0.6) is 0 Å². The molecule has 2 aromatic rings. The van der Waals surface area contributed by atoms with Crippen LogP contribution in [0.3, 0.4) is 0 Å². The van der Waals surface area contributed by atoms with Crippen molar-refractivity contribution >= 4 is 17.5 Å². The number of halogens is 3. The van der Waals surface area contributed by atoms with E-state index in [1.165, 1.54) is 30.5 Å². The number of hydrogen-bond acceptors (Lipinski definition) is 4. The van der Waals surface area contributed by atoms with Gasteiger partial charge in [-0.05, 0) is 24.6 Å². The van der Waals surface area contributed by atoms with Crippen molar-refractivity contribution in [3.05, 3.63) is 47.8 Å². The first-order chi connectivity index (χ1) is 10.9. The highest BCUT2D eigenvalue weighted by Crippen LogP contribution is 2.35. The summed E-state index contributed by atoms with van der Waals surface area (Å²) in [4.78, 5) is 19.6. The normalized spacial score (nSPS) is 11.1. The van der Waals surface area contributed by atoms with E-state index >= 15 is 0 Å². The second-order valence-corrected chi connectivity index (χ2v) is 4.69. The van der Waals surface area contributed by atoms with E-state index < -0.39 is 17.6 Å². The van der Waals surface area contributed by atoms with Crippen molar-refractivity contribution < 1.29 is 18.0 Å². The molecule has 0 fully saturated rings. The Morgan fingerprint density at radius 3 is 2.65 bits per heavy atom. The van der Waals surface area contributed by atoms with E-state index in [2.05, 4.69) is 20.6 Å². The maximum absolute atomic E-state index is 13.0. The zero-order chi connectivity index (χ0) is 16.9. The number of anilines is 2. The first-order valence-corrected chi connectivity index (χ1v) is 6.96. The molecule has 0 bridgehead atoms. The van der Waals surface area contributed by atoms with Crippen molar-refractivity contribution in [2.45, 2.75) is 19.5 Å². The number of carbonyl (C=O) groups excluding carboxylic acids is 1. The lowest BCUT2D eigenvalue weighted by molar-refractivity contribution is -0.136. The molecule has 2 rings (SSSR count). The number of alkyl halides is 3. The topological polar surface area (TPSA) is 66.9 Å². The number of hydrogen-bond donors (Lipinski definition) is 2. The molecule has 0 unspecified atom stereocenters. The molecule has 0 aliphatic carbocycles. The standard InChI is InChI=1S/C15H15F3N4O/c1-2-8-19-13(23)12-7-9-20-14(22-12)21-11-6-4-3-5-10(11)15(16,17)18/h3-7,9H,2,8H2,1H3,(H,19,23)(H,20,21,22). The Morgan fingerprint density at radius 2 is 1.96 bits per heavy atom. The van der Waals surface area contributed by atoms with Crippen LogP contribution in [0.4, 0.5) is 24.8 Å². The minimum Gasteiger partial charge on any atom is -0.351 e. The van der Waals surface area contributed by atoms with E-state index in [1.54, 1.807) is 0 Å². The van der Waals surface area contributed by atoms with E-state index in [9.17, 15) is 18.0 Å².